The molecule has 13 heavy (non-hydrogen) atoms. The Bertz CT molecular complexity index is 223. The summed E-state index contributed by atoms with van der Waals surface area (Å²) >= 11 is 0. The molecule has 1 unspecified atom stereocenters. The Morgan fingerprint density at radius 3 is 2.85 bits per heavy atom. The molecule has 0 aliphatic rings. The molecule has 0 aliphatic carbocycles. The minimum absolute atomic E-state index is 0.111. The Morgan fingerprint density at radius 2 is 2.23 bits per heavy atom. The third-order valence-electron chi connectivity index (χ3n) is 2.08. The molecule has 1 heterocycles. The fourth-order valence-corrected chi connectivity index (χ4v) is 1.27. The van der Waals surface area contributed by atoms with Crippen LogP contribution in [0.15, 0.2) is 24.5 Å². The Kier molecular flexibility index (Phi) is 4.43. The van der Waals surface area contributed by atoms with E-state index in [1.807, 2.05) is 18.3 Å². The first-order valence-electron chi connectivity index (χ1n) is 4.70. The zero-order valence-electron chi connectivity index (χ0n) is 7.82. The lowest BCUT2D eigenvalue weighted by Gasteiger charge is -2.10. The number of hydrogen-bond acceptors (Lipinski definition) is 3. The van der Waals surface area contributed by atoms with E-state index in [2.05, 4.69) is 4.98 Å². The summed E-state index contributed by atoms with van der Waals surface area (Å²) in [5, 5.41) is 0. The number of hydrogen-bond donors (Lipinski definition) is 2. The van der Waals surface area contributed by atoms with E-state index in [-0.39, 0.29) is 6.04 Å². The smallest absolute Gasteiger partial charge is 0.0315 e. The highest BCUT2D eigenvalue weighted by molar-refractivity contribution is 5.12. The topological polar surface area (TPSA) is 64.9 Å². The zero-order valence-corrected chi connectivity index (χ0v) is 7.82. The molecular formula is C10H17N3. The Hall–Kier alpha value is -0.930. The van der Waals surface area contributed by atoms with Crippen molar-refractivity contribution in [2.24, 2.45) is 11.5 Å². The van der Waals surface area contributed by atoms with Gasteiger partial charge in [-0.25, -0.2) is 0 Å². The van der Waals surface area contributed by atoms with E-state index in [1.165, 1.54) is 0 Å². The Morgan fingerprint density at radius 1 is 1.38 bits per heavy atom. The molecule has 0 bridgehead atoms. The number of nitrogens with two attached hydrogens (primary N) is 2. The van der Waals surface area contributed by atoms with Gasteiger partial charge in [-0.1, -0.05) is 12.5 Å². The highest BCUT2D eigenvalue weighted by Gasteiger charge is 2.04. The first kappa shape index (κ1) is 10.2. The lowest BCUT2D eigenvalue weighted by molar-refractivity contribution is 0.589. The highest BCUT2D eigenvalue weighted by atomic mass is 14.7. The minimum Gasteiger partial charge on any atom is -0.330 e. The van der Waals surface area contributed by atoms with Crippen molar-refractivity contribution in [3.05, 3.63) is 30.1 Å². The largest absolute Gasteiger partial charge is 0.330 e. The second-order valence-corrected chi connectivity index (χ2v) is 3.18. The van der Waals surface area contributed by atoms with Crippen molar-refractivity contribution in [2.45, 2.75) is 25.3 Å². The second kappa shape index (κ2) is 5.67. The van der Waals surface area contributed by atoms with Crippen molar-refractivity contribution in [3.63, 3.8) is 0 Å². The summed E-state index contributed by atoms with van der Waals surface area (Å²) in [7, 11) is 0. The maximum Gasteiger partial charge on any atom is 0.0315 e. The SMILES string of the molecule is NCCCCC(N)c1cccnc1. The van der Waals surface area contributed by atoms with Crippen molar-refractivity contribution >= 4 is 0 Å². The lowest BCUT2D eigenvalue weighted by Crippen LogP contribution is -2.11. The number of aromatic nitrogens is 1. The number of rotatable bonds is 5. The van der Waals surface area contributed by atoms with Gasteiger partial charge in [0, 0.05) is 18.4 Å². The van der Waals surface area contributed by atoms with E-state index in [0.29, 0.717) is 0 Å². The van der Waals surface area contributed by atoms with Crippen LogP contribution in [-0.2, 0) is 0 Å². The van der Waals surface area contributed by atoms with Gasteiger partial charge in [0.1, 0.15) is 0 Å². The summed E-state index contributed by atoms with van der Waals surface area (Å²) in [5.41, 5.74) is 12.5. The van der Waals surface area contributed by atoms with Crippen LogP contribution in [0.25, 0.3) is 0 Å². The summed E-state index contributed by atoms with van der Waals surface area (Å²) in [6.45, 7) is 0.750. The molecule has 3 nitrogen and oxygen atoms in total. The summed E-state index contributed by atoms with van der Waals surface area (Å²) in [6, 6.07) is 4.04. The molecule has 0 aliphatic heterocycles. The monoisotopic (exact) mass is 179 g/mol. The average molecular weight is 179 g/mol. The van der Waals surface area contributed by atoms with Crippen LogP contribution in [0.4, 0.5) is 0 Å². The Balaban J connectivity index is 2.35. The van der Waals surface area contributed by atoms with Crippen LogP contribution in [0.2, 0.25) is 0 Å². The van der Waals surface area contributed by atoms with Gasteiger partial charge in [0.2, 0.25) is 0 Å². The summed E-state index contributed by atoms with van der Waals surface area (Å²) in [5.74, 6) is 0. The van der Waals surface area contributed by atoms with Gasteiger partial charge in [-0.05, 0) is 31.0 Å². The summed E-state index contributed by atoms with van der Waals surface area (Å²) in [4.78, 5) is 4.03. The van der Waals surface area contributed by atoms with E-state index < -0.39 is 0 Å². The van der Waals surface area contributed by atoms with Crippen LogP contribution in [0.1, 0.15) is 30.9 Å². The molecule has 4 N–H and O–H groups in total. The predicted octanol–water partition coefficient (Wildman–Crippen LogP) is 1.21. The Labute approximate surface area is 79.2 Å². The summed E-state index contributed by atoms with van der Waals surface area (Å²) < 4.78 is 0. The van der Waals surface area contributed by atoms with Crippen molar-refractivity contribution in [2.75, 3.05) is 6.54 Å². The standard InChI is InChI=1S/C10H17N3/c11-6-2-1-5-10(12)9-4-3-7-13-8-9/h3-4,7-8,10H,1-2,5-6,11-12H2. The van der Waals surface area contributed by atoms with Crippen LogP contribution in [0.3, 0.4) is 0 Å². The quantitative estimate of drug-likeness (QED) is 0.668. The van der Waals surface area contributed by atoms with Gasteiger partial charge in [-0.15, -0.1) is 0 Å². The number of pyridine rings is 1. The molecule has 0 saturated carbocycles. The predicted molar refractivity (Wildman–Crippen MR) is 54.1 cm³/mol. The van der Waals surface area contributed by atoms with E-state index in [9.17, 15) is 0 Å². The average Bonchev–Trinajstić information content (AvgIpc) is 2.19. The number of nitrogens with zero attached hydrogens (tertiary/aromatic N) is 1. The van der Waals surface area contributed by atoms with Gasteiger partial charge in [0.15, 0.2) is 0 Å². The molecule has 0 aromatic carbocycles. The van der Waals surface area contributed by atoms with Gasteiger partial charge in [0.05, 0.1) is 0 Å². The molecule has 3 heteroatoms. The molecule has 0 fully saturated rings. The molecular weight excluding hydrogens is 162 g/mol. The van der Waals surface area contributed by atoms with Crippen LogP contribution in [0.5, 0.6) is 0 Å². The van der Waals surface area contributed by atoms with Crippen LogP contribution < -0.4 is 11.5 Å². The van der Waals surface area contributed by atoms with Crippen molar-refractivity contribution < 1.29 is 0 Å². The van der Waals surface area contributed by atoms with E-state index in [4.69, 9.17) is 11.5 Å². The minimum atomic E-state index is 0.111. The van der Waals surface area contributed by atoms with E-state index in [1.54, 1.807) is 6.20 Å². The van der Waals surface area contributed by atoms with Crippen molar-refractivity contribution in [3.8, 4) is 0 Å². The molecule has 0 amide bonds. The first-order valence-corrected chi connectivity index (χ1v) is 4.70. The molecule has 1 rings (SSSR count). The maximum absolute atomic E-state index is 5.95. The third-order valence-corrected chi connectivity index (χ3v) is 2.08. The van der Waals surface area contributed by atoms with Gasteiger partial charge < -0.3 is 11.5 Å². The lowest BCUT2D eigenvalue weighted by atomic mass is 10.0. The van der Waals surface area contributed by atoms with Gasteiger partial charge >= 0.3 is 0 Å². The van der Waals surface area contributed by atoms with Gasteiger partial charge in [0.25, 0.3) is 0 Å². The molecule has 1 atom stereocenters. The van der Waals surface area contributed by atoms with Crippen LogP contribution in [-0.4, -0.2) is 11.5 Å². The molecule has 0 radical (unpaired) electrons. The van der Waals surface area contributed by atoms with Gasteiger partial charge in [-0.2, -0.15) is 0 Å². The van der Waals surface area contributed by atoms with Crippen LogP contribution >= 0.6 is 0 Å². The molecule has 72 valence electrons. The number of unbranched alkanes of at least 4 members (excludes halogenated alkanes) is 1. The zero-order chi connectivity index (χ0) is 9.52. The molecule has 0 spiro atoms. The third kappa shape index (κ3) is 3.53. The summed E-state index contributed by atoms with van der Waals surface area (Å²) in [6.07, 6.45) is 6.71. The molecule has 1 aromatic heterocycles. The maximum atomic E-state index is 5.95. The van der Waals surface area contributed by atoms with E-state index >= 15 is 0 Å². The fourth-order valence-electron chi connectivity index (χ4n) is 1.27. The van der Waals surface area contributed by atoms with Crippen molar-refractivity contribution in [1.82, 2.24) is 4.98 Å². The molecule has 1 aromatic rings. The fraction of sp³-hybridized carbons (Fsp3) is 0.500. The van der Waals surface area contributed by atoms with Crippen molar-refractivity contribution in [1.29, 1.82) is 0 Å². The molecule has 0 saturated heterocycles. The second-order valence-electron chi connectivity index (χ2n) is 3.18. The normalized spacial score (nSPS) is 12.8. The highest BCUT2D eigenvalue weighted by Crippen LogP contribution is 2.14. The first-order chi connectivity index (χ1) is 6.34. The van der Waals surface area contributed by atoms with Crippen LogP contribution in [0, 0.1) is 0 Å². The van der Waals surface area contributed by atoms with E-state index in [0.717, 1.165) is 31.4 Å². The van der Waals surface area contributed by atoms with Gasteiger partial charge in [-0.3, -0.25) is 4.98 Å².